The van der Waals surface area contributed by atoms with Crippen LogP contribution in [0.2, 0.25) is 0 Å². The fraction of sp³-hybridized carbons (Fsp3) is 0. The van der Waals surface area contributed by atoms with Crippen LogP contribution in [-0.2, 0) is 0 Å². The van der Waals surface area contributed by atoms with Crippen LogP contribution in [0.1, 0.15) is 0 Å². The van der Waals surface area contributed by atoms with Crippen LogP contribution in [0.4, 0.5) is 0 Å². The molecule has 0 aliphatic heterocycles. The first-order valence-electron chi connectivity index (χ1n) is 16.8. The highest BCUT2D eigenvalue weighted by atomic mass is 16.3. The van der Waals surface area contributed by atoms with Gasteiger partial charge in [-0.25, -0.2) is 9.97 Å². The molecule has 4 nitrogen and oxygen atoms in total. The largest absolute Gasteiger partial charge is 0.455 e. The lowest BCUT2D eigenvalue weighted by Crippen LogP contribution is -1.96. The monoisotopic (exact) mass is 639 g/mol. The smallest absolute Gasteiger partial charge is 0.160 e. The first-order valence-corrected chi connectivity index (χ1v) is 16.8. The number of hydrogen-bond acceptors (Lipinski definition) is 3. The summed E-state index contributed by atoms with van der Waals surface area (Å²) in [6.07, 6.45) is 0. The van der Waals surface area contributed by atoms with Crippen molar-refractivity contribution in [2.45, 2.75) is 0 Å². The summed E-state index contributed by atoms with van der Waals surface area (Å²) in [5, 5.41) is 4.60. The van der Waals surface area contributed by atoms with E-state index < -0.39 is 0 Å². The Morgan fingerprint density at radius 3 is 1.88 bits per heavy atom. The Bertz CT molecular complexity index is 2800. The minimum atomic E-state index is 0.681. The second-order valence-electron chi connectivity index (χ2n) is 12.6. The Morgan fingerprint density at radius 2 is 1.06 bits per heavy atom. The lowest BCUT2D eigenvalue weighted by atomic mass is 9.97. The van der Waals surface area contributed by atoms with Crippen LogP contribution in [0.3, 0.4) is 0 Å². The van der Waals surface area contributed by atoms with E-state index in [2.05, 4.69) is 144 Å². The zero-order valence-corrected chi connectivity index (χ0v) is 27.0. The first kappa shape index (κ1) is 28.3. The molecule has 3 heterocycles. The number of rotatable bonds is 5. The molecule has 10 aromatic rings. The van der Waals surface area contributed by atoms with Gasteiger partial charge in [-0.15, -0.1) is 0 Å². The molecular formula is C46H29N3O. The van der Waals surface area contributed by atoms with Gasteiger partial charge >= 0.3 is 0 Å². The van der Waals surface area contributed by atoms with Crippen LogP contribution >= 0.6 is 0 Å². The molecule has 0 unspecified atom stereocenters. The zero-order chi connectivity index (χ0) is 33.0. The summed E-state index contributed by atoms with van der Waals surface area (Å²) in [6, 6.07) is 61.3. The minimum absolute atomic E-state index is 0.681. The van der Waals surface area contributed by atoms with Crippen molar-refractivity contribution in [3.63, 3.8) is 0 Å². The van der Waals surface area contributed by atoms with Gasteiger partial charge in [0.1, 0.15) is 11.2 Å². The zero-order valence-electron chi connectivity index (χ0n) is 27.0. The number of hydrogen-bond donors (Lipinski definition) is 0. The second kappa shape index (κ2) is 11.4. The molecule has 0 amide bonds. The Balaban J connectivity index is 1.17. The van der Waals surface area contributed by atoms with E-state index in [-0.39, 0.29) is 0 Å². The Hall–Kier alpha value is -6.78. The van der Waals surface area contributed by atoms with E-state index in [0.717, 1.165) is 61.3 Å². The normalized spacial score (nSPS) is 11.6. The number of furan rings is 1. The van der Waals surface area contributed by atoms with Gasteiger partial charge in [0.2, 0.25) is 0 Å². The van der Waals surface area contributed by atoms with E-state index in [1.165, 1.54) is 27.4 Å². The first-order chi connectivity index (χ1) is 24.8. The van der Waals surface area contributed by atoms with Crippen LogP contribution < -0.4 is 0 Å². The maximum Gasteiger partial charge on any atom is 0.160 e. The lowest BCUT2D eigenvalue weighted by Gasteiger charge is -2.09. The quantitative estimate of drug-likeness (QED) is 0.188. The molecule has 7 aromatic carbocycles. The highest BCUT2D eigenvalue weighted by Crippen LogP contribution is 2.42. The van der Waals surface area contributed by atoms with Gasteiger partial charge in [-0.2, -0.15) is 0 Å². The molecular weight excluding hydrogens is 611 g/mol. The molecule has 0 atom stereocenters. The molecule has 4 heteroatoms. The Kier molecular flexibility index (Phi) is 6.46. The molecule has 0 bridgehead atoms. The van der Waals surface area contributed by atoms with Gasteiger partial charge in [0.05, 0.1) is 22.4 Å². The predicted octanol–water partition coefficient (Wildman–Crippen LogP) is 12.1. The van der Waals surface area contributed by atoms with Gasteiger partial charge in [0, 0.05) is 43.9 Å². The highest BCUT2D eigenvalue weighted by Gasteiger charge is 2.19. The SMILES string of the molecule is c1ccc(-c2cc(-c3cccc4c3oc3ccc(-c5cccc6c5c5ccccc5n6-c5ccccc5)cc34)nc(-c3ccccc3)n2)cc1. The van der Waals surface area contributed by atoms with Gasteiger partial charge in [0.15, 0.2) is 5.82 Å². The summed E-state index contributed by atoms with van der Waals surface area (Å²) in [4.78, 5) is 10.1. The maximum absolute atomic E-state index is 6.68. The molecule has 0 spiro atoms. The third kappa shape index (κ3) is 4.54. The summed E-state index contributed by atoms with van der Waals surface area (Å²) in [5.74, 6) is 0.681. The number of para-hydroxylation sites is 3. The number of aromatic nitrogens is 3. The van der Waals surface area contributed by atoms with Crippen molar-refractivity contribution in [1.82, 2.24) is 14.5 Å². The van der Waals surface area contributed by atoms with Crippen molar-refractivity contribution >= 4 is 43.7 Å². The number of benzene rings is 7. The highest BCUT2D eigenvalue weighted by molar-refractivity contribution is 6.17. The Labute approximate surface area is 288 Å². The fourth-order valence-electron chi connectivity index (χ4n) is 7.34. The average Bonchev–Trinajstić information content (AvgIpc) is 3.74. The lowest BCUT2D eigenvalue weighted by molar-refractivity contribution is 0.670. The fourth-order valence-corrected chi connectivity index (χ4v) is 7.34. The summed E-state index contributed by atoms with van der Waals surface area (Å²) < 4.78 is 9.04. The van der Waals surface area contributed by atoms with E-state index in [1.54, 1.807) is 0 Å². The molecule has 234 valence electrons. The molecule has 10 rings (SSSR count). The molecule has 0 N–H and O–H groups in total. The van der Waals surface area contributed by atoms with E-state index >= 15 is 0 Å². The van der Waals surface area contributed by atoms with E-state index in [1.807, 2.05) is 36.4 Å². The Morgan fingerprint density at radius 1 is 0.420 bits per heavy atom. The van der Waals surface area contributed by atoms with E-state index in [9.17, 15) is 0 Å². The molecule has 3 aromatic heterocycles. The minimum Gasteiger partial charge on any atom is -0.455 e. The van der Waals surface area contributed by atoms with Crippen molar-refractivity contribution in [3.8, 4) is 50.7 Å². The van der Waals surface area contributed by atoms with Gasteiger partial charge < -0.3 is 8.98 Å². The van der Waals surface area contributed by atoms with Crippen molar-refractivity contribution in [3.05, 3.63) is 176 Å². The second-order valence-corrected chi connectivity index (χ2v) is 12.6. The molecule has 0 fully saturated rings. The molecule has 0 saturated carbocycles. The third-order valence-corrected chi connectivity index (χ3v) is 9.62. The van der Waals surface area contributed by atoms with Crippen LogP contribution in [0.15, 0.2) is 180 Å². The number of fused-ring (bicyclic) bond motifs is 6. The summed E-state index contributed by atoms with van der Waals surface area (Å²) in [5.41, 5.74) is 12.1. The average molecular weight is 640 g/mol. The van der Waals surface area contributed by atoms with E-state index in [4.69, 9.17) is 14.4 Å². The van der Waals surface area contributed by atoms with Crippen molar-refractivity contribution < 1.29 is 4.42 Å². The molecule has 0 aliphatic rings. The van der Waals surface area contributed by atoms with Gasteiger partial charge in [-0.3, -0.25) is 0 Å². The summed E-state index contributed by atoms with van der Waals surface area (Å²) >= 11 is 0. The predicted molar refractivity (Wildman–Crippen MR) is 205 cm³/mol. The van der Waals surface area contributed by atoms with Crippen molar-refractivity contribution in [2.24, 2.45) is 0 Å². The number of nitrogens with zero attached hydrogens (tertiary/aromatic N) is 3. The van der Waals surface area contributed by atoms with Gasteiger partial charge in [0.25, 0.3) is 0 Å². The maximum atomic E-state index is 6.68. The molecule has 0 radical (unpaired) electrons. The van der Waals surface area contributed by atoms with Crippen LogP contribution in [0.25, 0.3) is 94.5 Å². The standard InChI is InChI=1S/C46H29N3O/c1-4-14-30(15-5-1)39-29-40(48-46(47-39)31-16-6-2-7-17-31)36-23-12-22-35-38-28-32(26-27-43(38)50-45(35)36)34-21-13-25-42-44(34)37-20-10-11-24-41(37)49(42)33-18-8-3-9-19-33/h1-29H. The molecule has 0 saturated heterocycles. The molecule has 0 aliphatic carbocycles. The topological polar surface area (TPSA) is 43.9 Å². The third-order valence-electron chi connectivity index (χ3n) is 9.62. The van der Waals surface area contributed by atoms with Crippen LogP contribution in [0.5, 0.6) is 0 Å². The van der Waals surface area contributed by atoms with Crippen LogP contribution in [-0.4, -0.2) is 14.5 Å². The molecule has 50 heavy (non-hydrogen) atoms. The van der Waals surface area contributed by atoms with Crippen molar-refractivity contribution in [2.75, 3.05) is 0 Å². The summed E-state index contributed by atoms with van der Waals surface area (Å²) in [6.45, 7) is 0. The van der Waals surface area contributed by atoms with Crippen molar-refractivity contribution in [1.29, 1.82) is 0 Å². The summed E-state index contributed by atoms with van der Waals surface area (Å²) in [7, 11) is 0. The van der Waals surface area contributed by atoms with Gasteiger partial charge in [-0.05, 0) is 59.7 Å². The van der Waals surface area contributed by atoms with Gasteiger partial charge in [-0.1, -0.05) is 127 Å². The van der Waals surface area contributed by atoms with Crippen LogP contribution in [0, 0.1) is 0 Å². The van der Waals surface area contributed by atoms with E-state index in [0.29, 0.717) is 5.82 Å².